The van der Waals surface area contributed by atoms with Crippen LogP contribution in [-0.2, 0) is 31.9 Å². The molecule has 0 aliphatic carbocycles. The Hall–Kier alpha value is -6.00. The number of nitrogens with zero attached hydrogens (tertiary/aromatic N) is 2. The van der Waals surface area contributed by atoms with Gasteiger partial charge in [0.25, 0.3) is 0 Å². The van der Waals surface area contributed by atoms with Gasteiger partial charge in [-0.1, -0.05) is 83.9 Å². The number of carbonyl (C=O) groups excluding carboxylic acids is 2. The van der Waals surface area contributed by atoms with Gasteiger partial charge in [-0.3, -0.25) is 0 Å². The molecule has 0 saturated carbocycles. The third kappa shape index (κ3) is 14.6. The van der Waals surface area contributed by atoms with Gasteiger partial charge in [0.15, 0.2) is 0 Å². The molecule has 4 atom stereocenters. The second-order valence-corrected chi connectivity index (χ2v) is 14.9. The molecular weight excluding hydrogens is 845 g/mol. The van der Waals surface area contributed by atoms with Crippen LogP contribution in [0.5, 0.6) is 23.3 Å². The predicted molar refractivity (Wildman–Crippen MR) is 227 cm³/mol. The molecule has 4 N–H and O–H groups in total. The van der Waals surface area contributed by atoms with Crippen molar-refractivity contribution in [2.24, 2.45) is 0 Å². The molecule has 322 valence electrons. The van der Waals surface area contributed by atoms with Crippen molar-refractivity contribution in [3.63, 3.8) is 0 Å². The molecule has 16 heteroatoms. The Bertz CT molecular complexity index is 2230. The minimum Gasteiger partial charge on any atom is -0.456 e. The van der Waals surface area contributed by atoms with Crippen molar-refractivity contribution < 1.29 is 47.5 Å². The quantitative estimate of drug-likeness (QED) is 0.0334. The Balaban J connectivity index is 1.08. The largest absolute Gasteiger partial charge is 0.456 e. The van der Waals surface area contributed by atoms with Crippen LogP contribution in [0.25, 0.3) is 0 Å². The van der Waals surface area contributed by atoms with E-state index in [9.17, 15) is 28.6 Å². The maximum Gasteiger partial charge on any atom is 0.417 e. The lowest BCUT2D eigenvalue weighted by atomic mass is 10.0. The number of aliphatic hydroxyl groups excluding tert-OH is 2. The molecule has 62 heavy (non-hydrogen) atoms. The second kappa shape index (κ2) is 22.7. The molecule has 2 heterocycles. The van der Waals surface area contributed by atoms with Crippen LogP contribution >= 0.6 is 23.2 Å². The summed E-state index contributed by atoms with van der Waals surface area (Å²) in [6, 6.07) is 34.6. The number of hydrogen-bond acceptors (Lipinski definition) is 12. The van der Waals surface area contributed by atoms with Crippen LogP contribution in [0.1, 0.15) is 34.5 Å². The lowest BCUT2D eigenvalue weighted by Gasteiger charge is -2.22. The standard InChI is InChI=1S/C46H42Cl2F2N4O8/c47-33-7-1-5-31(23-33)39(55)25-51-35(21-29-13-17-37(18-14-29)61-43-11-3-9-41(49)53-43)27-59-45(57)46(58)60-28-36(52-26-40(56)32-6-2-8-34(48)24-32)22-30-15-19-38(20-16-30)62-44-12-4-10-42(50)54-44/h1-20,23-24,35-36,39-40,51-52,55-56H,21-22,25-28H2/t35-,36-,39+,40+/m0/s1. The summed E-state index contributed by atoms with van der Waals surface area (Å²) in [6.45, 7) is -0.422. The summed E-state index contributed by atoms with van der Waals surface area (Å²) in [5.74, 6) is -2.82. The summed E-state index contributed by atoms with van der Waals surface area (Å²) in [4.78, 5) is 33.5. The van der Waals surface area contributed by atoms with Gasteiger partial charge >= 0.3 is 11.9 Å². The van der Waals surface area contributed by atoms with E-state index in [4.69, 9.17) is 42.1 Å². The highest BCUT2D eigenvalue weighted by Gasteiger charge is 2.24. The number of aliphatic hydroxyl groups is 2. The van der Waals surface area contributed by atoms with E-state index < -0.39 is 48.1 Å². The van der Waals surface area contributed by atoms with Gasteiger partial charge in [0, 0.05) is 47.4 Å². The molecule has 0 amide bonds. The van der Waals surface area contributed by atoms with Crippen LogP contribution in [0.15, 0.2) is 133 Å². The number of ether oxygens (including phenoxy) is 4. The third-order valence-electron chi connectivity index (χ3n) is 9.30. The normalized spacial score (nSPS) is 13.1. The van der Waals surface area contributed by atoms with Gasteiger partial charge in [-0.2, -0.15) is 18.7 Å². The highest BCUT2D eigenvalue weighted by atomic mass is 35.5. The molecule has 0 bridgehead atoms. The fourth-order valence-corrected chi connectivity index (χ4v) is 6.56. The van der Waals surface area contributed by atoms with E-state index in [-0.39, 0.29) is 38.1 Å². The van der Waals surface area contributed by atoms with Crippen molar-refractivity contribution in [1.82, 2.24) is 20.6 Å². The smallest absolute Gasteiger partial charge is 0.417 e. The van der Waals surface area contributed by atoms with Crippen LogP contribution in [-0.4, -0.2) is 70.5 Å². The van der Waals surface area contributed by atoms with Crippen LogP contribution in [0.2, 0.25) is 10.0 Å². The van der Waals surface area contributed by atoms with Crippen molar-refractivity contribution in [3.05, 3.63) is 178 Å². The number of rotatable bonds is 20. The van der Waals surface area contributed by atoms with Gasteiger partial charge < -0.3 is 39.8 Å². The number of pyridine rings is 2. The molecular formula is C46H42Cl2F2N4O8. The van der Waals surface area contributed by atoms with E-state index in [1.165, 1.54) is 36.4 Å². The summed E-state index contributed by atoms with van der Waals surface area (Å²) in [7, 11) is 0. The fraction of sp³-hybridized carbons (Fsp3) is 0.217. The molecule has 2 aromatic heterocycles. The highest BCUT2D eigenvalue weighted by molar-refractivity contribution is 6.31. The highest BCUT2D eigenvalue weighted by Crippen LogP contribution is 2.23. The Kier molecular flexibility index (Phi) is 16.7. The summed E-state index contributed by atoms with van der Waals surface area (Å²) in [6.07, 6.45) is -1.32. The van der Waals surface area contributed by atoms with E-state index in [2.05, 4.69) is 20.6 Å². The molecule has 6 rings (SSSR count). The van der Waals surface area contributed by atoms with E-state index in [1.807, 2.05) is 0 Å². The molecule has 0 unspecified atom stereocenters. The zero-order valence-electron chi connectivity index (χ0n) is 33.0. The van der Waals surface area contributed by atoms with Gasteiger partial charge in [0.1, 0.15) is 24.7 Å². The maximum absolute atomic E-state index is 13.6. The number of carbonyl (C=O) groups is 2. The average Bonchev–Trinajstić information content (AvgIpc) is 3.26. The number of esters is 2. The summed E-state index contributed by atoms with van der Waals surface area (Å²) in [5.41, 5.74) is 2.73. The van der Waals surface area contributed by atoms with Crippen molar-refractivity contribution in [2.45, 2.75) is 37.1 Å². The van der Waals surface area contributed by atoms with Crippen LogP contribution < -0.4 is 20.1 Å². The van der Waals surface area contributed by atoms with E-state index in [0.29, 0.717) is 45.5 Å². The Morgan fingerprint density at radius 2 is 0.952 bits per heavy atom. The summed E-state index contributed by atoms with van der Waals surface area (Å²) < 4.78 is 49.3. The minimum absolute atomic E-state index is 0.0582. The average molecular weight is 888 g/mol. The zero-order chi connectivity index (χ0) is 43.8. The molecule has 0 fully saturated rings. The molecule has 12 nitrogen and oxygen atoms in total. The van der Waals surface area contributed by atoms with E-state index in [1.54, 1.807) is 97.1 Å². The van der Waals surface area contributed by atoms with Gasteiger partial charge in [-0.15, -0.1) is 0 Å². The first-order valence-electron chi connectivity index (χ1n) is 19.4. The first-order valence-corrected chi connectivity index (χ1v) is 20.2. The molecule has 4 aromatic carbocycles. The molecule has 6 aromatic rings. The van der Waals surface area contributed by atoms with Gasteiger partial charge in [-0.05, 0) is 95.8 Å². The van der Waals surface area contributed by atoms with Crippen molar-refractivity contribution in [2.75, 3.05) is 26.3 Å². The molecule has 0 radical (unpaired) electrons. The zero-order valence-corrected chi connectivity index (χ0v) is 34.5. The van der Waals surface area contributed by atoms with Crippen LogP contribution in [0.3, 0.4) is 0 Å². The first-order chi connectivity index (χ1) is 29.9. The first kappa shape index (κ1) is 45.5. The number of halogens is 4. The number of benzene rings is 4. The number of hydrogen-bond donors (Lipinski definition) is 4. The van der Waals surface area contributed by atoms with Gasteiger partial charge in [0.2, 0.25) is 23.7 Å². The van der Waals surface area contributed by atoms with Crippen molar-refractivity contribution in [3.8, 4) is 23.3 Å². The molecule has 0 spiro atoms. The maximum atomic E-state index is 13.6. The van der Waals surface area contributed by atoms with E-state index >= 15 is 0 Å². The van der Waals surface area contributed by atoms with Crippen LogP contribution in [0.4, 0.5) is 8.78 Å². The van der Waals surface area contributed by atoms with Crippen molar-refractivity contribution in [1.29, 1.82) is 0 Å². The Morgan fingerprint density at radius 3 is 1.32 bits per heavy atom. The summed E-state index contributed by atoms with van der Waals surface area (Å²) in [5, 5.41) is 29.1. The third-order valence-corrected chi connectivity index (χ3v) is 9.77. The topological polar surface area (TPSA) is 161 Å². The predicted octanol–water partition coefficient (Wildman–Crippen LogP) is 7.90. The Labute approximate surface area is 366 Å². The summed E-state index contributed by atoms with van der Waals surface area (Å²) >= 11 is 12.3. The number of nitrogens with one attached hydrogen (secondary N) is 2. The van der Waals surface area contributed by atoms with Gasteiger partial charge in [-0.25, -0.2) is 9.59 Å². The van der Waals surface area contributed by atoms with E-state index in [0.717, 1.165) is 11.1 Å². The molecule has 0 saturated heterocycles. The monoisotopic (exact) mass is 886 g/mol. The molecule has 0 aliphatic heterocycles. The lowest BCUT2D eigenvalue weighted by molar-refractivity contribution is -0.168. The number of aromatic nitrogens is 2. The SMILES string of the molecule is O=C(OC[C@H](Cc1ccc(Oc2cccc(F)n2)cc1)NC[C@@H](O)c1cccc(Cl)c1)C(=O)OC[C@H](Cc1ccc(Oc2cccc(F)n2)cc1)NC[C@@H](O)c1cccc(Cl)c1. The fourth-order valence-electron chi connectivity index (χ4n) is 6.16. The van der Waals surface area contributed by atoms with Gasteiger partial charge in [0.05, 0.1) is 12.2 Å². The minimum atomic E-state index is -1.23. The molecule has 0 aliphatic rings. The lowest BCUT2D eigenvalue weighted by Crippen LogP contribution is -2.41. The van der Waals surface area contributed by atoms with Crippen molar-refractivity contribution >= 4 is 35.1 Å². The second-order valence-electron chi connectivity index (χ2n) is 14.0. The Morgan fingerprint density at radius 1 is 0.565 bits per heavy atom. The van der Waals surface area contributed by atoms with Crippen LogP contribution in [0, 0.1) is 11.9 Å².